The van der Waals surface area contributed by atoms with Gasteiger partial charge < -0.3 is 19.9 Å². The summed E-state index contributed by atoms with van der Waals surface area (Å²) in [5.41, 5.74) is 1.17. The smallest absolute Gasteiger partial charge is 0.161 e. The average molecular weight is 632 g/mol. The van der Waals surface area contributed by atoms with E-state index >= 15 is 0 Å². The summed E-state index contributed by atoms with van der Waals surface area (Å²) >= 11 is 0. The van der Waals surface area contributed by atoms with E-state index in [4.69, 9.17) is 14.6 Å². The van der Waals surface area contributed by atoms with Crippen LogP contribution in [0.25, 0.3) is 0 Å². The van der Waals surface area contributed by atoms with Gasteiger partial charge in [-0.15, -0.1) is 0 Å². The largest absolute Gasteiger partial charge is 0.490 e. The molecule has 0 atom stereocenters. The highest BCUT2D eigenvalue weighted by atomic mass is 16.5. The van der Waals surface area contributed by atoms with Crippen LogP contribution in [0.1, 0.15) is 199 Å². The highest BCUT2D eigenvalue weighted by molar-refractivity contribution is 5.43. The number of aliphatic hydroxyl groups excluding tert-OH is 1. The van der Waals surface area contributed by atoms with Crippen molar-refractivity contribution in [3.05, 3.63) is 23.8 Å². The fourth-order valence-corrected chi connectivity index (χ4v) is 6.16. The van der Waals surface area contributed by atoms with Crippen molar-refractivity contribution in [1.29, 1.82) is 0 Å². The molecule has 2 N–H and O–H groups in total. The summed E-state index contributed by atoms with van der Waals surface area (Å²) in [7, 11) is 0. The van der Waals surface area contributed by atoms with E-state index in [-0.39, 0.29) is 6.61 Å². The molecule has 264 valence electrons. The van der Waals surface area contributed by atoms with Gasteiger partial charge in [0.1, 0.15) is 0 Å². The third kappa shape index (κ3) is 27.6. The lowest BCUT2D eigenvalue weighted by molar-refractivity contribution is 0.258. The van der Waals surface area contributed by atoms with Crippen molar-refractivity contribution >= 4 is 0 Å². The Kier molecular flexibility index (Phi) is 31.6. The highest BCUT2D eigenvalue weighted by Gasteiger charge is 2.08. The molecular weight excluding hydrogens is 554 g/mol. The number of nitrogens with one attached hydrogen (secondary N) is 1. The third-order valence-electron chi connectivity index (χ3n) is 9.14. The van der Waals surface area contributed by atoms with Gasteiger partial charge in [-0.1, -0.05) is 187 Å². The average Bonchev–Trinajstić information content (AvgIpc) is 3.05. The van der Waals surface area contributed by atoms with Crippen molar-refractivity contribution in [2.24, 2.45) is 0 Å². The van der Waals surface area contributed by atoms with Crippen LogP contribution in [0.4, 0.5) is 0 Å². The predicted molar refractivity (Wildman–Crippen MR) is 197 cm³/mol. The molecule has 0 aromatic heterocycles. The van der Waals surface area contributed by atoms with Gasteiger partial charge in [-0.3, -0.25) is 0 Å². The van der Waals surface area contributed by atoms with Crippen molar-refractivity contribution < 1.29 is 14.6 Å². The van der Waals surface area contributed by atoms with Crippen LogP contribution in [0.15, 0.2) is 18.2 Å². The maximum absolute atomic E-state index is 9.10. The van der Waals surface area contributed by atoms with E-state index < -0.39 is 0 Å². The van der Waals surface area contributed by atoms with Crippen LogP contribution in [0.3, 0.4) is 0 Å². The van der Waals surface area contributed by atoms with Crippen LogP contribution in [0.5, 0.6) is 11.5 Å². The molecule has 0 saturated carbocycles. The molecule has 0 saturated heterocycles. The Morgan fingerprint density at radius 1 is 0.467 bits per heavy atom. The fraction of sp³-hybridized carbons (Fsp3) is 0.854. The number of benzene rings is 1. The molecule has 4 nitrogen and oxygen atoms in total. The van der Waals surface area contributed by atoms with Gasteiger partial charge in [-0.2, -0.15) is 0 Å². The molecule has 45 heavy (non-hydrogen) atoms. The summed E-state index contributed by atoms with van der Waals surface area (Å²) < 4.78 is 12.5. The number of hydrogen-bond donors (Lipinski definition) is 2. The second-order valence-electron chi connectivity index (χ2n) is 13.6. The first-order chi connectivity index (χ1) is 22.3. The predicted octanol–water partition coefficient (Wildman–Crippen LogP) is 12.5. The second-order valence-corrected chi connectivity index (χ2v) is 13.6. The van der Waals surface area contributed by atoms with Crippen LogP contribution in [0, 0.1) is 0 Å². The molecule has 0 spiro atoms. The number of ether oxygens (including phenoxy) is 2. The Morgan fingerprint density at radius 3 is 1.20 bits per heavy atom. The van der Waals surface area contributed by atoms with Crippen molar-refractivity contribution in [3.8, 4) is 11.5 Å². The Hall–Kier alpha value is -1.26. The number of hydrogen-bond acceptors (Lipinski definition) is 4. The van der Waals surface area contributed by atoms with Crippen molar-refractivity contribution in [3.63, 3.8) is 0 Å². The molecule has 1 aromatic carbocycles. The van der Waals surface area contributed by atoms with Gasteiger partial charge >= 0.3 is 0 Å². The SMILES string of the molecule is CCCCCCCCCCCCCCCCOc1ccc(CNCCO)cc1OCCCCCCCCCCCCCCCC. The number of rotatable bonds is 36. The van der Waals surface area contributed by atoms with E-state index in [1.165, 1.54) is 173 Å². The van der Waals surface area contributed by atoms with Crippen molar-refractivity contribution in [2.45, 2.75) is 200 Å². The molecule has 1 aromatic rings. The van der Waals surface area contributed by atoms with Gasteiger partial charge in [0.2, 0.25) is 0 Å². The van der Waals surface area contributed by atoms with Crippen LogP contribution in [-0.4, -0.2) is 31.5 Å². The van der Waals surface area contributed by atoms with Gasteiger partial charge in [0, 0.05) is 13.1 Å². The summed E-state index contributed by atoms with van der Waals surface area (Å²) in [6, 6.07) is 6.30. The number of aliphatic hydroxyl groups is 1. The summed E-state index contributed by atoms with van der Waals surface area (Å²) in [6.07, 6.45) is 38.3. The summed E-state index contributed by atoms with van der Waals surface area (Å²) in [5.74, 6) is 1.75. The lowest BCUT2D eigenvalue weighted by Gasteiger charge is -2.15. The lowest BCUT2D eigenvalue weighted by Crippen LogP contribution is -2.17. The lowest BCUT2D eigenvalue weighted by atomic mass is 10.0. The Balaban J connectivity index is 2.15. The first kappa shape index (κ1) is 41.8. The zero-order valence-electron chi connectivity index (χ0n) is 30.3. The molecule has 0 aliphatic carbocycles. The minimum Gasteiger partial charge on any atom is -0.490 e. The topological polar surface area (TPSA) is 50.7 Å². The van der Waals surface area contributed by atoms with Crippen LogP contribution < -0.4 is 14.8 Å². The standard InChI is InChI=1S/C41H77NO3/c1-3-5-7-9-11-13-15-17-19-21-23-25-27-29-35-44-40-32-31-39(38-42-33-34-43)37-41(40)45-36-30-28-26-24-22-20-18-16-14-12-10-8-6-4-2/h31-32,37,42-43H,3-30,33-36,38H2,1-2H3. The zero-order valence-corrected chi connectivity index (χ0v) is 30.3. The molecule has 4 heteroatoms. The molecule has 0 bridgehead atoms. The van der Waals surface area contributed by atoms with Gasteiger partial charge in [0.25, 0.3) is 0 Å². The normalized spacial score (nSPS) is 11.4. The van der Waals surface area contributed by atoms with Gasteiger partial charge in [0.05, 0.1) is 19.8 Å². The fourth-order valence-electron chi connectivity index (χ4n) is 6.16. The Morgan fingerprint density at radius 2 is 0.822 bits per heavy atom. The number of unbranched alkanes of at least 4 members (excludes halogenated alkanes) is 26. The Labute approximate surface area is 281 Å². The van der Waals surface area contributed by atoms with Crippen molar-refractivity contribution in [1.82, 2.24) is 5.32 Å². The summed E-state index contributed by atoms with van der Waals surface area (Å²) in [5, 5.41) is 12.4. The first-order valence-electron chi connectivity index (χ1n) is 20.0. The maximum atomic E-state index is 9.10. The van der Waals surface area contributed by atoms with E-state index in [9.17, 15) is 0 Å². The molecule has 1 rings (SSSR count). The van der Waals surface area contributed by atoms with E-state index in [0.29, 0.717) is 6.54 Å². The highest BCUT2D eigenvalue weighted by Crippen LogP contribution is 2.29. The van der Waals surface area contributed by atoms with E-state index in [2.05, 4.69) is 37.4 Å². The molecule has 0 aliphatic heterocycles. The van der Waals surface area contributed by atoms with E-state index in [1.54, 1.807) is 0 Å². The molecule has 0 unspecified atom stereocenters. The summed E-state index contributed by atoms with van der Waals surface area (Å²) in [4.78, 5) is 0. The maximum Gasteiger partial charge on any atom is 0.161 e. The van der Waals surface area contributed by atoms with E-state index in [0.717, 1.165) is 44.1 Å². The van der Waals surface area contributed by atoms with Crippen LogP contribution in [0.2, 0.25) is 0 Å². The first-order valence-corrected chi connectivity index (χ1v) is 20.0. The zero-order chi connectivity index (χ0) is 32.3. The van der Waals surface area contributed by atoms with Crippen LogP contribution in [-0.2, 0) is 6.54 Å². The monoisotopic (exact) mass is 632 g/mol. The quantitative estimate of drug-likeness (QED) is 0.0723. The molecule has 0 radical (unpaired) electrons. The minimum atomic E-state index is 0.156. The van der Waals surface area contributed by atoms with Gasteiger partial charge in [-0.25, -0.2) is 0 Å². The third-order valence-corrected chi connectivity index (χ3v) is 9.14. The minimum absolute atomic E-state index is 0.156. The van der Waals surface area contributed by atoms with Crippen molar-refractivity contribution in [2.75, 3.05) is 26.4 Å². The van der Waals surface area contributed by atoms with E-state index in [1.807, 2.05) is 0 Å². The summed E-state index contributed by atoms with van der Waals surface area (Å²) in [6.45, 7) is 7.58. The van der Waals surface area contributed by atoms with Gasteiger partial charge in [-0.05, 0) is 30.5 Å². The second kappa shape index (κ2) is 34.1. The molecule has 0 aliphatic rings. The molecule has 0 fully saturated rings. The Bertz CT molecular complexity index is 725. The molecule has 0 heterocycles. The van der Waals surface area contributed by atoms with Gasteiger partial charge in [0.15, 0.2) is 11.5 Å². The molecule has 0 amide bonds. The van der Waals surface area contributed by atoms with Crippen LogP contribution >= 0.6 is 0 Å². The molecular formula is C41H77NO3.